The Balaban J connectivity index is 2.00. The number of aryl methyl sites for hydroxylation is 1. The number of hydrogen-bond donors (Lipinski definition) is 1. The Morgan fingerprint density at radius 3 is 2.78 bits per heavy atom. The van der Waals surface area contributed by atoms with E-state index in [9.17, 15) is 0 Å². The first-order chi connectivity index (χ1) is 8.83. The molecule has 1 aliphatic heterocycles. The predicted molar refractivity (Wildman–Crippen MR) is 68.7 cm³/mol. The van der Waals surface area contributed by atoms with Gasteiger partial charge in [0.1, 0.15) is 6.10 Å². The molecule has 1 saturated heterocycles. The second kappa shape index (κ2) is 4.84. The van der Waals surface area contributed by atoms with Gasteiger partial charge in [-0.15, -0.1) is 0 Å². The van der Waals surface area contributed by atoms with Crippen molar-refractivity contribution in [2.45, 2.75) is 19.4 Å². The Morgan fingerprint density at radius 1 is 1.22 bits per heavy atom. The van der Waals surface area contributed by atoms with E-state index in [0.717, 1.165) is 35.7 Å². The summed E-state index contributed by atoms with van der Waals surface area (Å²) in [4.78, 5) is 14.5. The summed E-state index contributed by atoms with van der Waals surface area (Å²) in [5, 5.41) is 0. The van der Waals surface area contributed by atoms with Gasteiger partial charge in [0.15, 0.2) is 5.82 Å². The van der Waals surface area contributed by atoms with Crippen molar-refractivity contribution in [1.29, 1.82) is 0 Å². The van der Waals surface area contributed by atoms with Crippen molar-refractivity contribution < 1.29 is 4.84 Å². The smallest absolute Gasteiger partial charge is 0.159 e. The fourth-order valence-corrected chi connectivity index (χ4v) is 2.09. The van der Waals surface area contributed by atoms with E-state index in [1.165, 1.54) is 0 Å². The van der Waals surface area contributed by atoms with Gasteiger partial charge < -0.3 is 0 Å². The van der Waals surface area contributed by atoms with Gasteiger partial charge in [-0.3, -0.25) is 4.84 Å². The van der Waals surface area contributed by atoms with E-state index in [1.54, 1.807) is 0 Å². The molecule has 3 rings (SSSR count). The molecule has 1 atom stereocenters. The molecule has 0 bridgehead atoms. The SMILES string of the molecule is Cc1cc(C2CCNO2)nc(-c2ccccc2)n1. The molecular formula is C14H15N3O. The van der Waals surface area contributed by atoms with E-state index in [4.69, 9.17) is 4.84 Å². The zero-order valence-electron chi connectivity index (χ0n) is 10.3. The van der Waals surface area contributed by atoms with Crippen LogP contribution in [0.4, 0.5) is 0 Å². The summed E-state index contributed by atoms with van der Waals surface area (Å²) in [5.74, 6) is 0.765. The molecule has 1 aliphatic rings. The minimum absolute atomic E-state index is 0.0363. The summed E-state index contributed by atoms with van der Waals surface area (Å²) in [7, 11) is 0. The van der Waals surface area contributed by atoms with E-state index < -0.39 is 0 Å². The van der Waals surface area contributed by atoms with Crippen molar-refractivity contribution in [2.75, 3.05) is 6.54 Å². The van der Waals surface area contributed by atoms with Crippen LogP contribution < -0.4 is 5.48 Å². The van der Waals surface area contributed by atoms with Crippen LogP contribution in [0.3, 0.4) is 0 Å². The summed E-state index contributed by atoms with van der Waals surface area (Å²) in [6, 6.07) is 12.0. The van der Waals surface area contributed by atoms with Gasteiger partial charge in [-0.25, -0.2) is 15.4 Å². The molecule has 1 aromatic carbocycles. The van der Waals surface area contributed by atoms with E-state index >= 15 is 0 Å². The number of rotatable bonds is 2. The molecule has 1 aromatic heterocycles. The van der Waals surface area contributed by atoms with Crippen LogP contribution in [-0.2, 0) is 4.84 Å². The fourth-order valence-electron chi connectivity index (χ4n) is 2.09. The zero-order chi connectivity index (χ0) is 12.4. The summed E-state index contributed by atoms with van der Waals surface area (Å²) in [6.07, 6.45) is 0.985. The van der Waals surface area contributed by atoms with Gasteiger partial charge in [0.2, 0.25) is 0 Å². The van der Waals surface area contributed by atoms with Crippen LogP contribution in [0.1, 0.15) is 23.9 Å². The number of benzene rings is 1. The van der Waals surface area contributed by atoms with Crippen molar-refractivity contribution in [3.63, 3.8) is 0 Å². The Kier molecular flexibility index (Phi) is 3.04. The molecule has 4 heteroatoms. The standard InChI is InChI=1S/C14H15N3O/c1-10-9-12(13-7-8-15-18-13)17-14(16-10)11-5-3-2-4-6-11/h2-6,9,13,15H,7-8H2,1H3. The van der Waals surface area contributed by atoms with Crippen LogP contribution in [0, 0.1) is 6.92 Å². The molecule has 2 aromatic rings. The molecule has 0 aliphatic carbocycles. The monoisotopic (exact) mass is 241 g/mol. The van der Waals surface area contributed by atoms with Gasteiger partial charge in [-0.05, 0) is 19.4 Å². The number of hydrogen-bond acceptors (Lipinski definition) is 4. The average Bonchev–Trinajstić information content (AvgIpc) is 2.93. The summed E-state index contributed by atoms with van der Waals surface area (Å²) >= 11 is 0. The first-order valence-electron chi connectivity index (χ1n) is 6.12. The summed E-state index contributed by atoms with van der Waals surface area (Å²) < 4.78 is 0. The molecule has 1 N–H and O–H groups in total. The Bertz CT molecular complexity index is 536. The van der Waals surface area contributed by atoms with Crippen LogP contribution in [0.2, 0.25) is 0 Å². The van der Waals surface area contributed by atoms with Gasteiger partial charge >= 0.3 is 0 Å². The molecule has 0 saturated carbocycles. The third kappa shape index (κ3) is 2.25. The van der Waals surface area contributed by atoms with E-state index in [1.807, 2.05) is 43.3 Å². The van der Waals surface area contributed by atoms with E-state index in [-0.39, 0.29) is 6.10 Å². The lowest BCUT2D eigenvalue weighted by atomic mass is 10.1. The minimum atomic E-state index is 0.0363. The normalized spacial score (nSPS) is 19.1. The molecular weight excluding hydrogens is 226 g/mol. The van der Waals surface area contributed by atoms with Crippen LogP contribution >= 0.6 is 0 Å². The molecule has 1 fully saturated rings. The maximum Gasteiger partial charge on any atom is 0.159 e. The quantitative estimate of drug-likeness (QED) is 0.877. The first-order valence-corrected chi connectivity index (χ1v) is 6.12. The highest BCUT2D eigenvalue weighted by Crippen LogP contribution is 2.24. The number of nitrogens with one attached hydrogen (secondary N) is 1. The van der Waals surface area contributed by atoms with Crippen molar-refractivity contribution in [1.82, 2.24) is 15.4 Å². The summed E-state index contributed by atoms with van der Waals surface area (Å²) in [6.45, 7) is 2.86. The van der Waals surface area contributed by atoms with Crippen LogP contribution in [0.5, 0.6) is 0 Å². The third-order valence-corrected chi connectivity index (χ3v) is 2.97. The second-order valence-corrected chi connectivity index (χ2v) is 4.41. The van der Waals surface area contributed by atoms with Gasteiger partial charge in [-0.2, -0.15) is 0 Å². The first kappa shape index (κ1) is 11.3. The number of nitrogens with zero attached hydrogens (tertiary/aromatic N) is 2. The molecule has 0 amide bonds. The molecule has 0 radical (unpaired) electrons. The van der Waals surface area contributed by atoms with Gasteiger partial charge in [0.25, 0.3) is 0 Å². The zero-order valence-corrected chi connectivity index (χ0v) is 10.3. The molecule has 92 valence electrons. The number of hydroxylamine groups is 1. The van der Waals surface area contributed by atoms with Crippen LogP contribution in [0.15, 0.2) is 36.4 Å². The van der Waals surface area contributed by atoms with Crippen molar-refractivity contribution in [3.05, 3.63) is 47.8 Å². The average molecular weight is 241 g/mol. The highest BCUT2D eigenvalue weighted by molar-refractivity contribution is 5.54. The highest BCUT2D eigenvalue weighted by atomic mass is 16.7. The van der Waals surface area contributed by atoms with Crippen LogP contribution in [-0.4, -0.2) is 16.5 Å². The molecule has 4 nitrogen and oxygen atoms in total. The van der Waals surface area contributed by atoms with Crippen molar-refractivity contribution >= 4 is 0 Å². The topological polar surface area (TPSA) is 47.0 Å². The Hall–Kier alpha value is -1.78. The molecule has 2 heterocycles. The lowest BCUT2D eigenvalue weighted by Gasteiger charge is -2.10. The molecule has 0 spiro atoms. The van der Waals surface area contributed by atoms with Gasteiger partial charge in [0.05, 0.1) is 5.69 Å². The fraction of sp³-hybridized carbons (Fsp3) is 0.286. The third-order valence-electron chi connectivity index (χ3n) is 2.97. The minimum Gasteiger partial charge on any atom is -0.292 e. The lowest BCUT2D eigenvalue weighted by molar-refractivity contribution is 0.0312. The maximum atomic E-state index is 5.44. The summed E-state index contributed by atoms with van der Waals surface area (Å²) in [5.41, 5.74) is 5.84. The van der Waals surface area contributed by atoms with Crippen molar-refractivity contribution in [3.8, 4) is 11.4 Å². The maximum absolute atomic E-state index is 5.44. The number of aromatic nitrogens is 2. The van der Waals surface area contributed by atoms with Crippen LogP contribution in [0.25, 0.3) is 11.4 Å². The lowest BCUT2D eigenvalue weighted by Crippen LogP contribution is -2.07. The molecule has 1 unspecified atom stereocenters. The van der Waals surface area contributed by atoms with E-state index in [0.29, 0.717) is 0 Å². The van der Waals surface area contributed by atoms with Crippen molar-refractivity contribution in [2.24, 2.45) is 0 Å². The van der Waals surface area contributed by atoms with Gasteiger partial charge in [-0.1, -0.05) is 30.3 Å². The Labute approximate surface area is 106 Å². The Morgan fingerprint density at radius 2 is 2.06 bits per heavy atom. The van der Waals surface area contributed by atoms with Gasteiger partial charge in [0, 0.05) is 17.8 Å². The largest absolute Gasteiger partial charge is 0.292 e. The second-order valence-electron chi connectivity index (χ2n) is 4.41. The molecule has 18 heavy (non-hydrogen) atoms. The predicted octanol–water partition coefficient (Wildman–Crippen LogP) is 2.42. The van der Waals surface area contributed by atoms with E-state index in [2.05, 4.69) is 15.4 Å². The highest BCUT2D eigenvalue weighted by Gasteiger charge is 2.20.